The van der Waals surface area contributed by atoms with Gasteiger partial charge in [0.05, 0.1) is 6.26 Å². The smallest absolute Gasteiger partial charge is 0.211 e. The van der Waals surface area contributed by atoms with Crippen molar-refractivity contribution in [3.63, 3.8) is 0 Å². The van der Waals surface area contributed by atoms with Crippen molar-refractivity contribution in [2.24, 2.45) is 5.92 Å². The van der Waals surface area contributed by atoms with Crippen LogP contribution in [0.15, 0.2) is 0 Å². The molecule has 0 aromatic carbocycles. The minimum atomic E-state index is -3.04. The van der Waals surface area contributed by atoms with Crippen molar-refractivity contribution in [1.82, 2.24) is 9.62 Å². The lowest BCUT2D eigenvalue weighted by Gasteiger charge is -2.21. The number of hydrogen-bond donors (Lipinski definition) is 1. The number of hydrogen-bond acceptors (Lipinski definition) is 3. The van der Waals surface area contributed by atoms with Gasteiger partial charge in [0.15, 0.2) is 0 Å². The van der Waals surface area contributed by atoms with E-state index in [0.717, 1.165) is 0 Å². The quantitative estimate of drug-likeness (QED) is 0.674. The molecule has 0 aromatic heterocycles. The van der Waals surface area contributed by atoms with E-state index in [2.05, 4.69) is 5.32 Å². The normalized spacial score (nSPS) is 12.8. The molecule has 0 bridgehead atoms. The lowest BCUT2D eigenvalue weighted by atomic mass is 10.2. The van der Waals surface area contributed by atoms with Crippen LogP contribution >= 0.6 is 0 Å². The van der Waals surface area contributed by atoms with Gasteiger partial charge in [-0.2, -0.15) is 0 Å². The highest BCUT2D eigenvalue weighted by molar-refractivity contribution is 7.88. The number of sulfonamides is 1. The lowest BCUT2D eigenvalue weighted by Crippen LogP contribution is -2.37. The van der Waals surface area contributed by atoms with Crippen LogP contribution in [0.25, 0.3) is 0 Å². The Bertz CT molecular complexity index is 224. The average molecular weight is 208 g/mol. The molecule has 0 saturated heterocycles. The third kappa shape index (κ3) is 6.01. The third-order valence-electron chi connectivity index (χ3n) is 1.65. The van der Waals surface area contributed by atoms with E-state index in [9.17, 15) is 8.42 Å². The molecule has 80 valence electrons. The van der Waals surface area contributed by atoms with Crippen LogP contribution in [0.1, 0.15) is 13.8 Å². The first-order valence-corrected chi connectivity index (χ1v) is 6.32. The molecule has 0 atom stereocenters. The highest BCUT2D eigenvalue weighted by Crippen LogP contribution is 2.02. The van der Waals surface area contributed by atoms with E-state index in [1.807, 2.05) is 20.9 Å². The molecule has 0 aromatic rings. The van der Waals surface area contributed by atoms with Crippen LogP contribution in [0.2, 0.25) is 0 Å². The fourth-order valence-electron chi connectivity index (χ4n) is 1.04. The zero-order valence-corrected chi connectivity index (χ0v) is 9.69. The van der Waals surface area contributed by atoms with E-state index in [1.165, 1.54) is 10.6 Å². The Hall–Kier alpha value is -0.130. The van der Waals surface area contributed by atoms with Crippen LogP contribution in [0.5, 0.6) is 0 Å². The molecule has 0 fully saturated rings. The van der Waals surface area contributed by atoms with Crippen molar-refractivity contribution in [2.45, 2.75) is 13.8 Å². The molecule has 5 heteroatoms. The summed E-state index contributed by atoms with van der Waals surface area (Å²) in [5.41, 5.74) is 0. The topological polar surface area (TPSA) is 49.4 Å². The first-order valence-electron chi connectivity index (χ1n) is 4.47. The molecule has 13 heavy (non-hydrogen) atoms. The molecule has 0 aliphatic heterocycles. The molecule has 0 amide bonds. The Labute approximate surface area is 81.4 Å². The van der Waals surface area contributed by atoms with Gasteiger partial charge in [-0.25, -0.2) is 12.7 Å². The Balaban J connectivity index is 4.21. The summed E-state index contributed by atoms with van der Waals surface area (Å²) in [6.45, 7) is 5.86. The van der Waals surface area contributed by atoms with Gasteiger partial charge in [0.25, 0.3) is 0 Å². The van der Waals surface area contributed by atoms with Gasteiger partial charge in [-0.05, 0) is 13.0 Å². The van der Waals surface area contributed by atoms with Crippen LogP contribution in [0.4, 0.5) is 0 Å². The summed E-state index contributed by atoms with van der Waals surface area (Å²) in [5.74, 6) is 0.367. The number of nitrogens with one attached hydrogen (secondary N) is 1. The predicted molar refractivity (Wildman–Crippen MR) is 55.2 cm³/mol. The zero-order valence-electron chi connectivity index (χ0n) is 8.87. The van der Waals surface area contributed by atoms with Crippen molar-refractivity contribution in [2.75, 3.05) is 32.9 Å². The molecule has 0 unspecified atom stereocenters. The Morgan fingerprint density at radius 3 is 2.23 bits per heavy atom. The molecule has 0 rings (SSSR count). The minimum Gasteiger partial charge on any atom is -0.318 e. The van der Waals surface area contributed by atoms with E-state index >= 15 is 0 Å². The molecular weight excluding hydrogens is 188 g/mol. The van der Waals surface area contributed by atoms with Crippen molar-refractivity contribution >= 4 is 10.0 Å². The first kappa shape index (κ1) is 12.9. The van der Waals surface area contributed by atoms with Crippen LogP contribution in [0, 0.1) is 5.92 Å². The Morgan fingerprint density at radius 2 is 1.92 bits per heavy atom. The second-order valence-corrected chi connectivity index (χ2v) is 5.60. The summed E-state index contributed by atoms with van der Waals surface area (Å²) < 4.78 is 24.0. The molecule has 0 aliphatic rings. The maximum absolute atomic E-state index is 11.3. The van der Waals surface area contributed by atoms with E-state index < -0.39 is 10.0 Å². The van der Waals surface area contributed by atoms with Gasteiger partial charge in [0.2, 0.25) is 10.0 Å². The SMILES string of the molecule is CNCCN(CC(C)C)S(C)(=O)=O. The van der Waals surface area contributed by atoms with Crippen LogP contribution < -0.4 is 5.32 Å². The summed E-state index contributed by atoms with van der Waals surface area (Å²) >= 11 is 0. The predicted octanol–water partition coefficient (Wildman–Crippen LogP) is 0.123. The molecule has 0 radical (unpaired) electrons. The fourth-order valence-corrected chi connectivity index (χ4v) is 2.03. The summed E-state index contributed by atoms with van der Waals surface area (Å²) in [5, 5.41) is 2.94. The van der Waals surface area contributed by atoms with Gasteiger partial charge in [-0.3, -0.25) is 0 Å². The maximum atomic E-state index is 11.3. The molecule has 1 N–H and O–H groups in total. The van der Waals surface area contributed by atoms with E-state index in [0.29, 0.717) is 25.6 Å². The van der Waals surface area contributed by atoms with Gasteiger partial charge < -0.3 is 5.32 Å². The molecule has 4 nitrogen and oxygen atoms in total. The average Bonchev–Trinajstić information content (AvgIpc) is 1.95. The van der Waals surface area contributed by atoms with E-state index in [1.54, 1.807) is 0 Å². The Kier molecular flexibility index (Phi) is 5.51. The second-order valence-electron chi connectivity index (χ2n) is 3.62. The minimum absolute atomic E-state index is 0.367. The Morgan fingerprint density at radius 1 is 1.38 bits per heavy atom. The standard InChI is InChI=1S/C8H20N2O2S/c1-8(2)7-10(6-5-9-3)13(4,11)12/h8-9H,5-7H2,1-4H3. The highest BCUT2D eigenvalue weighted by atomic mass is 32.2. The van der Waals surface area contributed by atoms with Gasteiger partial charge in [-0.15, -0.1) is 0 Å². The molecule has 0 saturated carbocycles. The fraction of sp³-hybridized carbons (Fsp3) is 1.00. The van der Waals surface area contributed by atoms with Gasteiger partial charge in [0, 0.05) is 19.6 Å². The number of nitrogens with zero attached hydrogens (tertiary/aromatic N) is 1. The van der Waals surface area contributed by atoms with Gasteiger partial charge in [-0.1, -0.05) is 13.8 Å². The second kappa shape index (κ2) is 5.57. The maximum Gasteiger partial charge on any atom is 0.211 e. The monoisotopic (exact) mass is 208 g/mol. The van der Waals surface area contributed by atoms with Crippen LogP contribution in [-0.4, -0.2) is 45.7 Å². The largest absolute Gasteiger partial charge is 0.318 e. The number of likely N-dealkylation sites (N-methyl/N-ethyl adjacent to an activating group) is 1. The van der Waals surface area contributed by atoms with Gasteiger partial charge in [0.1, 0.15) is 0 Å². The molecule has 0 heterocycles. The van der Waals surface area contributed by atoms with Gasteiger partial charge >= 0.3 is 0 Å². The summed E-state index contributed by atoms with van der Waals surface area (Å²) in [4.78, 5) is 0. The van der Waals surface area contributed by atoms with Crippen molar-refractivity contribution in [3.8, 4) is 0 Å². The molecular formula is C8H20N2O2S. The summed E-state index contributed by atoms with van der Waals surface area (Å²) in [7, 11) is -1.22. The van der Waals surface area contributed by atoms with E-state index in [4.69, 9.17) is 0 Å². The van der Waals surface area contributed by atoms with Crippen molar-refractivity contribution in [1.29, 1.82) is 0 Å². The molecule has 0 spiro atoms. The first-order chi connectivity index (χ1) is 5.88. The summed E-state index contributed by atoms with van der Waals surface area (Å²) in [6.07, 6.45) is 1.25. The summed E-state index contributed by atoms with van der Waals surface area (Å²) in [6, 6.07) is 0. The number of rotatable bonds is 6. The van der Waals surface area contributed by atoms with Crippen molar-refractivity contribution < 1.29 is 8.42 Å². The zero-order chi connectivity index (χ0) is 10.5. The molecule has 0 aliphatic carbocycles. The van der Waals surface area contributed by atoms with Crippen molar-refractivity contribution in [3.05, 3.63) is 0 Å². The van der Waals surface area contributed by atoms with E-state index in [-0.39, 0.29) is 0 Å². The third-order valence-corrected chi connectivity index (χ3v) is 2.92. The van der Waals surface area contributed by atoms with Crippen LogP contribution in [-0.2, 0) is 10.0 Å². The van der Waals surface area contributed by atoms with Crippen LogP contribution in [0.3, 0.4) is 0 Å². The lowest BCUT2D eigenvalue weighted by molar-refractivity contribution is 0.370. The highest BCUT2D eigenvalue weighted by Gasteiger charge is 2.16.